The van der Waals surface area contributed by atoms with E-state index in [1.165, 1.54) is 0 Å². The topological polar surface area (TPSA) is 73.6 Å². The molecule has 1 rings (SSSR count). The monoisotopic (exact) mass is 240 g/mol. The predicted molar refractivity (Wildman–Crippen MR) is 62.0 cm³/mol. The molecule has 5 heteroatoms. The molecule has 0 aromatic rings. The minimum atomic E-state index is -0.594. The minimum Gasteiger partial charge on any atom is -0.394 e. The highest BCUT2D eigenvalue weighted by molar-refractivity contribution is 5.81. The molecule has 5 nitrogen and oxygen atoms in total. The molecule has 17 heavy (non-hydrogen) atoms. The summed E-state index contributed by atoms with van der Waals surface area (Å²) in [6, 6.07) is 2.01. The van der Waals surface area contributed by atoms with Gasteiger partial charge in [-0.3, -0.25) is 4.79 Å². The van der Waals surface area contributed by atoms with Gasteiger partial charge < -0.3 is 14.7 Å². The van der Waals surface area contributed by atoms with Gasteiger partial charge >= 0.3 is 0 Å². The third kappa shape index (κ3) is 3.42. The Morgan fingerprint density at radius 2 is 2.35 bits per heavy atom. The van der Waals surface area contributed by atoms with Crippen LogP contribution in [0.5, 0.6) is 0 Å². The van der Waals surface area contributed by atoms with Gasteiger partial charge in [0.2, 0.25) is 5.91 Å². The smallest absolute Gasteiger partial charge is 0.240 e. The molecule has 0 aromatic carbocycles. The maximum absolute atomic E-state index is 12.1. The number of amides is 1. The molecule has 1 aliphatic rings. The fourth-order valence-electron chi connectivity index (χ4n) is 2.10. The van der Waals surface area contributed by atoms with Crippen LogP contribution in [0, 0.1) is 17.2 Å². The summed E-state index contributed by atoms with van der Waals surface area (Å²) in [5, 5.41) is 18.0. The Kier molecular flexibility index (Phi) is 4.49. The number of rotatable bonds is 3. The maximum Gasteiger partial charge on any atom is 0.240 e. The lowest BCUT2D eigenvalue weighted by atomic mass is 10.0. The first-order valence-electron chi connectivity index (χ1n) is 5.90. The molecular weight excluding hydrogens is 220 g/mol. The average molecular weight is 240 g/mol. The van der Waals surface area contributed by atoms with E-state index in [0.29, 0.717) is 19.5 Å². The Hall–Kier alpha value is -1.12. The highest BCUT2D eigenvalue weighted by Crippen LogP contribution is 2.22. The zero-order valence-electron chi connectivity index (χ0n) is 10.6. The number of hydrogen-bond acceptors (Lipinski definition) is 4. The highest BCUT2D eigenvalue weighted by Gasteiger charge is 2.37. The van der Waals surface area contributed by atoms with Gasteiger partial charge in [0, 0.05) is 13.1 Å². The lowest BCUT2D eigenvalue weighted by molar-refractivity contribution is -0.168. The first-order valence-corrected chi connectivity index (χ1v) is 5.90. The van der Waals surface area contributed by atoms with E-state index in [2.05, 4.69) is 0 Å². The van der Waals surface area contributed by atoms with Gasteiger partial charge in [0.25, 0.3) is 0 Å². The van der Waals surface area contributed by atoms with Crippen molar-refractivity contribution < 1.29 is 14.6 Å². The average Bonchev–Trinajstić information content (AvgIpc) is 2.28. The Labute approximate surface area is 102 Å². The fraction of sp³-hybridized carbons (Fsp3) is 0.833. The number of carbonyl (C=O) groups is 1. The molecule has 1 amide bonds. The van der Waals surface area contributed by atoms with Crippen LogP contribution in [0.4, 0.5) is 0 Å². The molecule has 2 unspecified atom stereocenters. The highest BCUT2D eigenvalue weighted by atomic mass is 16.5. The normalized spacial score (nSPS) is 25.1. The molecule has 0 aromatic heterocycles. The number of hydrogen-bond donors (Lipinski definition) is 1. The molecule has 0 spiro atoms. The van der Waals surface area contributed by atoms with Crippen molar-refractivity contribution >= 4 is 5.91 Å². The van der Waals surface area contributed by atoms with Crippen LogP contribution in [-0.2, 0) is 9.53 Å². The largest absolute Gasteiger partial charge is 0.394 e. The summed E-state index contributed by atoms with van der Waals surface area (Å²) in [5.74, 6) is -0.756. The quantitative estimate of drug-likeness (QED) is 0.781. The summed E-state index contributed by atoms with van der Waals surface area (Å²) >= 11 is 0. The summed E-state index contributed by atoms with van der Waals surface area (Å²) in [4.78, 5) is 13.7. The Balaban J connectivity index is 2.77. The van der Waals surface area contributed by atoms with Crippen molar-refractivity contribution in [2.75, 3.05) is 19.7 Å². The second-order valence-corrected chi connectivity index (χ2v) is 4.99. The summed E-state index contributed by atoms with van der Waals surface area (Å²) in [6.07, 6.45) is 0.149. The molecule has 0 saturated carbocycles. The zero-order valence-corrected chi connectivity index (χ0v) is 10.6. The third-order valence-corrected chi connectivity index (χ3v) is 2.86. The van der Waals surface area contributed by atoms with Gasteiger partial charge in [0.15, 0.2) is 0 Å². The third-order valence-electron chi connectivity index (χ3n) is 2.86. The molecule has 1 saturated heterocycles. The summed E-state index contributed by atoms with van der Waals surface area (Å²) < 4.78 is 5.62. The van der Waals surface area contributed by atoms with E-state index in [9.17, 15) is 4.79 Å². The Morgan fingerprint density at radius 3 is 2.82 bits per heavy atom. The maximum atomic E-state index is 12.1. The van der Waals surface area contributed by atoms with E-state index in [1.807, 2.05) is 26.8 Å². The number of morpholine rings is 1. The van der Waals surface area contributed by atoms with E-state index in [-0.39, 0.29) is 18.6 Å². The summed E-state index contributed by atoms with van der Waals surface area (Å²) in [5.41, 5.74) is -0.477. The van der Waals surface area contributed by atoms with Crippen molar-refractivity contribution in [2.24, 2.45) is 5.92 Å². The van der Waals surface area contributed by atoms with E-state index >= 15 is 0 Å². The number of ether oxygens (including phenoxy) is 1. The molecule has 1 N–H and O–H groups in total. The van der Waals surface area contributed by atoms with Crippen LogP contribution in [0.2, 0.25) is 0 Å². The van der Waals surface area contributed by atoms with E-state index < -0.39 is 11.5 Å². The number of aliphatic hydroxyl groups is 1. The van der Waals surface area contributed by atoms with Crippen molar-refractivity contribution in [3.8, 4) is 6.07 Å². The molecule has 0 radical (unpaired) electrons. The van der Waals surface area contributed by atoms with Gasteiger partial charge in [-0.2, -0.15) is 5.26 Å². The number of nitrogens with zero attached hydrogens (tertiary/aromatic N) is 2. The van der Waals surface area contributed by atoms with Crippen LogP contribution < -0.4 is 0 Å². The van der Waals surface area contributed by atoms with Crippen molar-refractivity contribution in [3.05, 3.63) is 0 Å². The van der Waals surface area contributed by atoms with Crippen LogP contribution in [0.3, 0.4) is 0 Å². The van der Waals surface area contributed by atoms with Gasteiger partial charge in [-0.1, -0.05) is 6.92 Å². The standard InChI is InChI=1S/C12H20N2O3/c1-4-9(5-13)11(16)14-6-10(7-15)17-12(2,3)8-14/h9-10,15H,4,6-8H2,1-3H3. The van der Waals surface area contributed by atoms with Crippen LogP contribution in [-0.4, -0.2) is 47.3 Å². The molecular formula is C12H20N2O3. The van der Waals surface area contributed by atoms with Crippen molar-refractivity contribution in [1.29, 1.82) is 5.26 Å². The molecule has 0 aliphatic carbocycles. The van der Waals surface area contributed by atoms with Gasteiger partial charge in [-0.05, 0) is 20.3 Å². The van der Waals surface area contributed by atoms with E-state index in [1.54, 1.807) is 4.90 Å². The van der Waals surface area contributed by atoms with Crippen molar-refractivity contribution in [3.63, 3.8) is 0 Å². The Bertz CT molecular complexity index is 322. The molecule has 96 valence electrons. The van der Waals surface area contributed by atoms with E-state index in [4.69, 9.17) is 15.1 Å². The second kappa shape index (κ2) is 5.48. The van der Waals surface area contributed by atoms with Crippen molar-refractivity contribution in [1.82, 2.24) is 4.90 Å². The van der Waals surface area contributed by atoms with Crippen LogP contribution in [0.15, 0.2) is 0 Å². The SMILES string of the molecule is CCC(C#N)C(=O)N1CC(CO)OC(C)(C)C1. The first-order chi connectivity index (χ1) is 7.93. The van der Waals surface area contributed by atoms with Crippen LogP contribution in [0.25, 0.3) is 0 Å². The van der Waals surface area contributed by atoms with Gasteiger partial charge in [0.05, 0.1) is 24.4 Å². The predicted octanol–water partition coefficient (Wildman–Crippen LogP) is 0.534. The minimum absolute atomic E-state index is 0.115. The zero-order chi connectivity index (χ0) is 13.1. The number of carbonyl (C=O) groups excluding carboxylic acids is 1. The van der Waals surface area contributed by atoms with Crippen molar-refractivity contribution in [2.45, 2.75) is 38.9 Å². The molecule has 1 heterocycles. The summed E-state index contributed by atoms with van der Waals surface area (Å²) in [6.45, 7) is 6.28. The second-order valence-electron chi connectivity index (χ2n) is 4.99. The molecule has 1 aliphatic heterocycles. The van der Waals surface area contributed by atoms with E-state index in [0.717, 1.165) is 0 Å². The van der Waals surface area contributed by atoms with Gasteiger partial charge in [0.1, 0.15) is 5.92 Å². The van der Waals surface area contributed by atoms with Crippen LogP contribution >= 0.6 is 0 Å². The fourth-order valence-corrected chi connectivity index (χ4v) is 2.10. The molecule has 0 bridgehead atoms. The lowest BCUT2D eigenvalue weighted by Crippen LogP contribution is -2.56. The first kappa shape index (κ1) is 13.9. The summed E-state index contributed by atoms with van der Waals surface area (Å²) in [7, 11) is 0. The number of nitriles is 1. The number of aliphatic hydroxyl groups excluding tert-OH is 1. The lowest BCUT2D eigenvalue weighted by Gasteiger charge is -2.42. The van der Waals surface area contributed by atoms with Gasteiger partial charge in [-0.15, -0.1) is 0 Å². The van der Waals surface area contributed by atoms with Crippen LogP contribution in [0.1, 0.15) is 27.2 Å². The molecule has 2 atom stereocenters. The van der Waals surface area contributed by atoms with Gasteiger partial charge in [-0.25, -0.2) is 0 Å². The molecule has 1 fully saturated rings. The Morgan fingerprint density at radius 1 is 1.71 bits per heavy atom.